The molecule has 2 aliphatic rings. The summed E-state index contributed by atoms with van der Waals surface area (Å²) >= 11 is 0. The van der Waals surface area contributed by atoms with E-state index < -0.39 is 25.1 Å². The molecule has 4 rings (SSSR count). The molecule has 0 aliphatic carbocycles. The van der Waals surface area contributed by atoms with E-state index in [-0.39, 0.29) is 16.4 Å². The van der Waals surface area contributed by atoms with Gasteiger partial charge >= 0.3 is 0 Å². The highest BCUT2D eigenvalue weighted by Gasteiger charge is 2.82. The Morgan fingerprint density at radius 1 is 0.977 bits per heavy atom. The first-order valence-electron chi connectivity index (χ1n) is 15.8. The van der Waals surface area contributed by atoms with Gasteiger partial charge < -0.3 is 19.2 Å². The molecule has 2 aromatic rings. The fourth-order valence-corrected chi connectivity index (χ4v) is 7.31. The van der Waals surface area contributed by atoms with E-state index in [1.165, 1.54) is 5.56 Å². The van der Waals surface area contributed by atoms with Crippen LogP contribution in [0.3, 0.4) is 0 Å². The lowest BCUT2D eigenvalue weighted by Gasteiger charge is -2.61. The van der Waals surface area contributed by atoms with E-state index in [1.807, 2.05) is 36.4 Å². The minimum atomic E-state index is -2.03. The monoisotopic (exact) mass is 611 g/mol. The van der Waals surface area contributed by atoms with Crippen LogP contribution in [0.4, 0.5) is 0 Å². The van der Waals surface area contributed by atoms with E-state index in [0.29, 0.717) is 32.8 Å². The summed E-state index contributed by atoms with van der Waals surface area (Å²) < 4.78 is 19.4. The van der Waals surface area contributed by atoms with Crippen LogP contribution in [0.2, 0.25) is 18.1 Å². The Morgan fingerprint density at radius 2 is 1.70 bits per heavy atom. The van der Waals surface area contributed by atoms with Gasteiger partial charge in [0.05, 0.1) is 13.2 Å². The van der Waals surface area contributed by atoms with Gasteiger partial charge in [0, 0.05) is 36.0 Å². The molecule has 0 saturated carbocycles. The molecule has 2 heterocycles. The lowest BCUT2D eigenvalue weighted by atomic mass is 9.57. The van der Waals surface area contributed by atoms with Crippen molar-refractivity contribution in [1.82, 2.24) is 5.32 Å². The van der Waals surface area contributed by atoms with E-state index in [1.54, 1.807) is 0 Å². The lowest BCUT2D eigenvalue weighted by molar-refractivity contribution is -0.628. The van der Waals surface area contributed by atoms with Crippen LogP contribution in [-0.4, -0.2) is 46.2 Å². The van der Waals surface area contributed by atoms with Crippen molar-refractivity contribution in [1.29, 1.82) is 0 Å². The predicted octanol–water partition coefficient (Wildman–Crippen LogP) is 7.55. The van der Waals surface area contributed by atoms with Gasteiger partial charge in [-0.05, 0) is 55.1 Å². The molecule has 8 heteroatoms. The number of hydrogen-bond donors (Lipinski definition) is 1. The molecule has 2 aromatic carbocycles. The smallest absolute Gasteiger partial charge is 0.261 e. The van der Waals surface area contributed by atoms with Gasteiger partial charge in [0.1, 0.15) is 5.75 Å². The number of rotatable bonds is 14. The normalized spacial score (nSPS) is 23.4. The third kappa shape index (κ3) is 6.59. The number of nitrogens with one attached hydrogen (secondary N) is 1. The molecule has 2 atom stereocenters. The van der Waals surface area contributed by atoms with Crippen LogP contribution in [-0.2, 0) is 36.3 Å². The van der Waals surface area contributed by atoms with Crippen molar-refractivity contribution < 1.29 is 28.5 Å². The Labute approximate surface area is 260 Å². The van der Waals surface area contributed by atoms with E-state index >= 15 is 0 Å². The molecule has 1 amide bonds. The van der Waals surface area contributed by atoms with Crippen LogP contribution in [0.1, 0.15) is 78.9 Å². The molecule has 0 spiro atoms. The average molecular weight is 612 g/mol. The van der Waals surface area contributed by atoms with Gasteiger partial charge in [-0.2, -0.15) is 4.89 Å². The summed E-state index contributed by atoms with van der Waals surface area (Å²) in [5.74, 6) is -0.146. The number of hydrogen-bond acceptors (Lipinski definition) is 6. The molecule has 2 unspecified atom stereocenters. The second-order valence-electron chi connectivity index (χ2n) is 15.0. The highest BCUT2D eigenvalue weighted by molar-refractivity contribution is 6.74. The minimum Gasteiger partial charge on any atom is -0.543 e. The number of benzene rings is 2. The topological polar surface area (TPSA) is 75.3 Å². The van der Waals surface area contributed by atoms with Gasteiger partial charge in [-0.3, -0.25) is 4.79 Å². The SMILES string of the molecule is CC(C)(COCCCCC(=O)NCCc1ccccc1)C12OOC1(c1cccc(O[Si](C)(C)C(C)(C)C)c1)OCC2(C)C. The van der Waals surface area contributed by atoms with Crippen LogP contribution in [0.15, 0.2) is 54.6 Å². The van der Waals surface area contributed by atoms with Gasteiger partial charge in [-0.1, -0.05) is 90.9 Å². The van der Waals surface area contributed by atoms with E-state index in [0.717, 1.165) is 30.6 Å². The Morgan fingerprint density at radius 3 is 2.35 bits per heavy atom. The fourth-order valence-electron chi connectivity index (χ4n) is 6.29. The summed E-state index contributed by atoms with van der Waals surface area (Å²) in [6, 6.07) is 18.3. The van der Waals surface area contributed by atoms with Crippen molar-refractivity contribution in [2.24, 2.45) is 10.8 Å². The number of carbonyl (C=O) groups is 1. The Hall–Kier alpha value is -2.23. The Bertz CT molecular complexity index is 1240. The number of amides is 1. The second-order valence-corrected chi connectivity index (χ2v) is 19.7. The summed E-state index contributed by atoms with van der Waals surface area (Å²) in [4.78, 5) is 24.4. The third-order valence-corrected chi connectivity index (χ3v) is 14.0. The van der Waals surface area contributed by atoms with Crippen LogP contribution in [0.25, 0.3) is 0 Å². The zero-order valence-corrected chi connectivity index (χ0v) is 28.8. The van der Waals surface area contributed by atoms with Crippen LogP contribution < -0.4 is 9.74 Å². The molecule has 0 aromatic heterocycles. The maximum Gasteiger partial charge on any atom is 0.261 e. The number of ether oxygens (including phenoxy) is 2. The maximum absolute atomic E-state index is 12.3. The molecule has 2 fully saturated rings. The van der Waals surface area contributed by atoms with E-state index in [2.05, 4.69) is 85.1 Å². The summed E-state index contributed by atoms with van der Waals surface area (Å²) in [5.41, 5.74) is 0.558. The zero-order valence-electron chi connectivity index (χ0n) is 27.8. The van der Waals surface area contributed by atoms with E-state index in [4.69, 9.17) is 23.7 Å². The molecule has 1 N–H and O–H groups in total. The van der Waals surface area contributed by atoms with Gasteiger partial charge in [-0.25, -0.2) is 4.89 Å². The van der Waals surface area contributed by atoms with Gasteiger partial charge in [0.15, 0.2) is 5.60 Å². The molecule has 2 aliphatic heterocycles. The molecular formula is C35H53NO6Si. The van der Waals surface area contributed by atoms with Crippen molar-refractivity contribution in [3.05, 3.63) is 65.7 Å². The molecule has 238 valence electrons. The standard InChI is InChI=1S/C35H53NO6Si/c1-31(2,3)43(8,9)40-29-19-15-18-28(24-29)34-35(42-41-34,33(6,7)26-39-34)32(4,5)25-38-23-14-13-20-30(37)36-22-21-27-16-11-10-12-17-27/h10-12,15-19,24H,13-14,20-23,25-26H2,1-9H3,(H,36,37). The van der Waals surface area contributed by atoms with Crippen LogP contribution in [0.5, 0.6) is 5.75 Å². The summed E-state index contributed by atoms with van der Waals surface area (Å²) in [5, 5.41) is 3.10. The molecular weight excluding hydrogens is 558 g/mol. The lowest BCUT2D eigenvalue weighted by Crippen LogP contribution is -2.74. The van der Waals surface area contributed by atoms with Crippen molar-refractivity contribution in [3.8, 4) is 5.75 Å². The largest absolute Gasteiger partial charge is 0.543 e. The van der Waals surface area contributed by atoms with Gasteiger partial charge in [0.2, 0.25) is 14.2 Å². The molecule has 0 bridgehead atoms. The number of unbranched alkanes of at least 4 members (excludes halogenated alkanes) is 1. The van der Waals surface area contributed by atoms with Crippen molar-refractivity contribution >= 4 is 14.2 Å². The first-order chi connectivity index (χ1) is 20.1. The molecule has 0 radical (unpaired) electrons. The van der Waals surface area contributed by atoms with Gasteiger partial charge in [-0.15, -0.1) is 0 Å². The summed E-state index contributed by atoms with van der Waals surface area (Å²) in [6.07, 6.45) is 2.93. The van der Waals surface area contributed by atoms with Crippen LogP contribution >= 0.6 is 0 Å². The third-order valence-electron chi connectivity index (χ3n) is 9.67. The van der Waals surface area contributed by atoms with E-state index in [9.17, 15) is 4.79 Å². The molecule has 7 nitrogen and oxygen atoms in total. The second kappa shape index (κ2) is 12.6. The number of fused-ring (bicyclic) bond motifs is 1. The van der Waals surface area contributed by atoms with Crippen molar-refractivity contribution in [2.75, 3.05) is 26.4 Å². The maximum atomic E-state index is 12.3. The fraction of sp³-hybridized carbons (Fsp3) is 0.629. The van der Waals surface area contributed by atoms with Crippen molar-refractivity contribution in [2.45, 2.75) is 104 Å². The molecule has 2 saturated heterocycles. The van der Waals surface area contributed by atoms with Crippen molar-refractivity contribution in [3.63, 3.8) is 0 Å². The highest BCUT2D eigenvalue weighted by Crippen LogP contribution is 2.69. The Balaban J connectivity index is 1.34. The average Bonchev–Trinajstić information content (AvgIpc) is 3.07. The highest BCUT2D eigenvalue weighted by atomic mass is 28.4. The van der Waals surface area contributed by atoms with Crippen LogP contribution in [0, 0.1) is 10.8 Å². The quantitative estimate of drug-likeness (QED) is 0.135. The predicted molar refractivity (Wildman–Crippen MR) is 172 cm³/mol. The first kappa shape index (κ1) is 33.7. The summed E-state index contributed by atoms with van der Waals surface area (Å²) in [7, 11) is -2.03. The Kier molecular flexibility index (Phi) is 9.89. The molecule has 43 heavy (non-hydrogen) atoms. The minimum absolute atomic E-state index is 0.0818. The zero-order chi connectivity index (χ0) is 31.6. The number of carbonyl (C=O) groups excluding carboxylic acids is 1. The van der Waals surface area contributed by atoms with Gasteiger partial charge in [0.25, 0.3) is 5.79 Å². The first-order valence-corrected chi connectivity index (χ1v) is 18.7. The summed E-state index contributed by atoms with van der Waals surface area (Å²) in [6.45, 7) is 22.1.